The molecule has 1 aromatic heterocycles. The zero-order chi connectivity index (χ0) is 14.2. The second-order valence-electron chi connectivity index (χ2n) is 5.80. The van der Waals surface area contributed by atoms with Gasteiger partial charge in [0.15, 0.2) is 0 Å². The number of carbonyl (C=O) groups is 1. The van der Waals surface area contributed by atoms with Crippen LogP contribution in [0.3, 0.4) is 0 Å². The first-order valence-electron chi connectivity index (χ1n) is 7.01. The van der Waals surface area contributed by atoms with E-state index in [1.165, 1.54) is 0 Å². The largest absolute Gasteiger partial charge is 0.356 e. The standard InChI is InChI=1S/C15H18N4O/c1-18-7-2-5-15(14(18)20)6-8-19(11-15)13-4-3-12(9-16)10-17-13/h3-4,10H,2,5-8,11H2,1H3/t15-/m0/s1. The summed E-state index contributed by atoms with van der Waals surface area (Å²) in [5.74, 6) is 1.14. The van der Waals surface area contributed by atoms with Gasteiger partial charge in [0.1, 0.15) is 11.9 Å². The van der Waals surface area contributed by atoms with E-state index in [4.69, 9.17) is 5.26 Å². The van der Waals surface area contributed by atoms with Crippen LogP contribution in [0.1, 0.15) is 24.8 Å². The molecule has 0 bridgehead atoms. The van der Waals surface area contributed by atoms with E-state index in [-0.39, 0.29) is 11.3 Å². The minimum Gasteiger partial charge on any atom is -0.356 e. The first-order valence-corrected chi connectivity index (χ1v) is 7.01. The predicted molar refractivity (Wildman–Crippen MR) is 75.1 cm³/mol. The summed E-state index contributed by atoms with van der Waals surface area (Å²) in [6.45, 7) is 2.48. The number of likely N-dealkylation sites (tertiary alicyclic amines) is 1. The number of piperidine rings is 1. The minimum atomic E-state index is -0.220. The number of nitriles is 1. The first-order chi connectivity index (χ1) is 9.64. The van der Waals surface area contributed by atoms with Gasteiger partial charge in [-0.2, -0.15) is 5.26 Å². The van der Waals surface area contributed by atoms with E-state index >= 15 is 0 Å². The molecule has 0 aromatic carbocycles. The molecular weight excluding hydrogens is 252 g/mol. The van der Waals surface area contributed by atoms with Crippen LogP contribution in [0.15, 0.2) is 18.3 Å². The molecule has 0 unspecified atom stereocenters. The first kappa shape index (κ1) is 12.9. The number of pyridine rings is 1. The van der Waals surface area contributed by atoms with Crippen LogP contribution in [0.4, 0.5) is 5.82 Å². The fourth-order valence-electron chi connectivity index (χ4n) is 3.35. The van der Waals surface area contributed by atoms with Gasteiger partial charge in [-0.05, 0) is 31.4 Å². The fraction of sp³-hybridized carbons (Fsp3) is 0.533. The van der Waals surface area contributed by atoms with Crippen molar-refractivity contribution in [1.82, 2.24) is 9.88 Å². The highest BCUT2D eigenvalue weighted by molar-refractivity contribution is 5.84. The number of hydrogen-bond donors (Lipinski definition) is 0. The Morgan fingerprint density at radius 2 is 2.20 bits per heavy atom. The van der Waals surface area contributed by atoms with Gasteiger partial charge >= 0.3 is 0 Å². The second kappa shape index (κ2) is 4.78. The van der Waals surface area contributed by atoms with Crippen molar-refractivity contribution in [3.05, 3.63) is 23.9 Å². The summed E-state index contributed by atoms with van der Waals surface area (Å²) in [4.78, 5) is 20.8. The van der Waals surface area contributed by atoms with Crippen LogP contribution in [0.2, 0.25) is 0 Å². The zero-order valence-electron chi connectivity index (χ0n) is 11.7. The average Bonchev–Trinajstić information content (AvgIpc) is 2.90. The number of rotatable bonds is 1. The van der Waals surface area contributed by atoms with Crippen molar-refractivity contribution in [2.75, 3.05) is 31.6 Å². The molecular formula is C15H18N4O. The van der Waals surface area contributed by atoms with E-state index in [0.29, 0.717) is 5.56 Å². The molecule has 2 fully saturated rings. The van der Waals surface area contributed by atoms with Crippen LogP contribution < -0.4 is 4.90 Å². The molecule has 104 valence electrons. The van der Waals surface area contributed by atoms with Gasteiger partial charge in [-0.3, -0.25) is 4.79 Å². The van der Waals surface area contributed by atoms with Gasteiger partial charge in [-0.15, -0.1) is 0 Å². The van der Waals surface area contributed by atoms with Crippen molar-refractivity contribution in [1.29, 1.82) is 5.26 Å². The summed E-state index contributed by atoms with van der Waals surface area (Å²) < 4.78 is 0. The second-order valence-corrected chi connectivity index (χ2v) is 5.80. The van der Waals surface area contributed by atoms with Crippen molar-refractivity contribution >= 4 is 11.7 Å². The van der Waals surface area contributed by atoms with Gasteiger partial charge < -0.3 is 9.80 Å². The lowest BCUT2D eigenvalue weighted by Crippen LogP contribution is -2.48. The van der Waals surface area contributed by atoms with Gasteiger partial charge in [-0.1, -0.05) is 0 Å². The Morgan fingerprint density at radius 1 is 1.35 bits per heavy atom. The number of nitrogens with zero attached hydrogens (tertiary/aromatic N) is 4. The molecule has 3 rings (SSSR count). The summed E-state index contributed by atoms with van der Waals surface area (Å²) in [6.07, 6.45) is 4.55. The molecule has 5 heteroatoms. The SMILES string of the molecule is CN1CCC[C@@]2(CCN(c3ccc(C#N)cn3)C2)C1=O. The highest BCUT2D eigenvalue weighted by atomic mass is 16.2. The Hall–Kier alpha value is -2.09. The topological polar surface area (TPSA) is 60.2 Å². The lowest BCUT2D eigenvalue weighted by molar-refractivity contribution is -0.143. The van der Waals surface area contributed by atoms with Crippen molar-refractivity contribution in [2.24, 2.45) is 5.41 Å². The van der Waals surface area contributed by atoms with Crippen LogP contribution in [-0.2, 0) is 4.79 Å². The van der Waals surface area contributed by atoms with Crippen molar-refractivity contribution in [3.63, 3.8) is 0 Å². The van der Waals surface area contributed by atoms with Gasteiger partial charge in [0, 0.05) is 32.9 Å². The third-order valence-corrected chi connectivity index (χ3v) is 4.50. The summed E-state index contributed by atoms with van der Waals surface area (Å²) in [5.41, 5.74) is 0.346. The summed E-state index contributed by atoms with van der Waals surface area (Å²) in [6, 6.07) is 5.72. The van der Waals surface area contributed by atoms with Crippen LogP contribution >= 0.6 is 0 Å². The number of carbonyl (C=O) groups excluding carboxylic acids is 1. The highest BCUT2D eigenvalue weighted by Gasteiger charge is 2.47. The quantitative estimate of drug-likeness (QED) is 0.774. The molecule has 20 heavy (non-hydrogen) atoms. The van der Waals surface area contributed by atoms with Gasteiger partial charge in [0.05, 0.1) is 11.0 Å². The van der Waals surface area contributed by atoms with Gasteiger partial charge in [-0.25, -0.2) is 4.98 Å². The smallest absolute Gasteiger partial charge is 0.230 e. The third-order valence-electron chi connectivity index (χ3n) is 4.50. The summed E-state index contributed by atoms with van der Waals surface area (Å²) in [5, 5.41) is 8.80. The molecule has 0 saturated carbocycles. The van der Waals surface area contributed by atoms with Crippen molar-refractivity contribution < 1.29 is 4.79 Å². The van der Waals surface area contributed by atoms with E-state index in [1.54, 1.807) is 12.3 Å². The average molecular weight is 270 g/mol. The maximum Gasteiger partial charge on any atom is 0.230 e. The molecule has 0 N–H and O–H groups in total. The fourth-order valence-corrected chi connectivity index (χ4v) is 3.35. The lowest BCUT2D eigenvalue weighted by Gasteiger charge is -2.37. The molecule has 1 spiro atoms. The van der Waals surface area contributed by atoms with Crippen LogP contribution in [-0.4, -0.2) is 42.5 Å². The van der Waals surface area contributed by atoms with Crippen LogP contribution in [0.25, 0.3) is 0 Å². The molecule has 1 atom stereocenters. The molecule has 2 saturated heterocycles. The summed E-state index contributed by atoms with van der Waals surface area (Å²) in [7, 11) is 1.89. The zero-order valence-corrected chi connectivity index (χ0v) is 11.7. The Balaban J connectivity index is 1.79. The molecule has 1 amide bonds. The molecule has 5 nitrogen and oxygen atoms in total. The molecule has 0 aliphatic carbocycles. The normalized spacial score (nSPS) is 26.1. The lowest BCUT2D eigenvalue weighted by atomic mass is 9.78. The molecule has 3 heterocycles. The molecule has 0 radical (unpaired) electrons. The van der Waals surface area contributed by atoms with Gasteiger partial charge in [0.25, 0.3) is 0 Å². The number of hydrogen-bond acceptors (Lipinski definition) is 4. The Labute approximate surface area is 118 Å². The Morgan fingerprint density at radius 3 is 2.90 bits per heavy atom. The van der Waals surface area contributed by atoms with Crippen molar-refractivity contribution in [3.8, 4) is 6.07 Å². The van der Waals surface area contributed by atoms with Crippen LogP contribution in [0, 0.1) is 16.7 Å². The van der Waals surface area contributed by atoms with Gasteiger partial charge in [0.2, 0.25) is 5.91 Å². The molecule has 1 aromatic rings. The summed E-state index contributed by atoms with van der Waals surface area (Å²) >= 11 is 0. The minimum absolute atomic E-state index is 0.220. The van der Waals surface area contributed by atoms with Crippen molar-refractivity contribution in [2.45, 2.75) is 19.3 Å². The number of aromatic nitrogens is 1. The van der Waals surface area contributed by atoms with E-state index in [0.717, 1.165) is 44.7 Å². The van der Waals surface area contributed by atoms with E-state index in [9.17, 15) is 4.79 Å². The van der Waals surface area contributed by atoms with E-state index in [2.05, 4.69) is 16.0 Å². The van der Waals surface area contributed by atoms with E-state index < -0.39 is 0 Å². The molecule has 2 aliphatic heterocycles. The highest BCUT2D eigenvalue weighted by Crippen LogP contribution is 2.40. The monoisotopic (exact) mass is 270 g/mol. The maximum atomic E-state index is 12.5. The Bertz CT molecular complexity index is 562. The number of anilines is 1. The third kappa shape index (κ3) is 2.01. The predicted octanol–water partition coefficient (Wildman–Crippen LogP) is 1.40. The number of amides is 1. The van der Waals surface area contributed by atoms with Crippen LogP contribution in [0.5, 0.6) is 0 Å². The van der Waals surface area contributed by atoms with E-state index in [1.807, 2.05) is 18.0 Å². The maximum absolute atomic E-state index is 12.5. The Kier molecular flexibility index (Phi) is 3.09. The molecule has 2 aliphatic rings.